The summed E-state index contributed by atoms with van der Waals surface area (Å²) in [4.78, 5) is 27.1. The van der Waals surface area contributed by atoms with Crippen LogP contribution in [0, 0.1) is 0 Å². The molecule has 0 saturated heterocycles. The number of nitrogens with two attached hydrogens (primary N) is 1. The van der Waals surface area contributed by atoms with Crippen molar-refractivity contribution in [3.05, 3.63) is 77.6 Å². The largest absolute Gasteiger partial charge is 0.497 e. The molecule has 0 bridgehead atoms. The van der Waals surface area contributed by atoms with Crippen LogP contribution in [0.15, 0.2) is 60.7 Å². The second-order valence-corrected chi connectivity index (χ2v) is 7.25. The number of aromatic nitrogens is 2. The summed E-state index contributed by atoms with van der Waals surface area (Å²) in [5.41, 5.74) is 7.49. The summed E-state index contributed by atoms with van der Waals surface area (Å²) in [7, 11) is 1.63. The van der Waals surface area contributed by atoms with E-state index < -0.39 is 5.91 Å². The summed E-state index contributed by atoms with van der Waals surface area (Å²) in [6, 6.07) is 18.3. The van der Waals surface area contributed by atoms with Crippen molar-refractivity contribution in [2.45, 2.75) is 19.9 Å². The molecule has 0 fully saturated rings. The van der Waals surface area contributed by atoms with Gasteiger partial charge in [0.1, 0.15) is 11.4 Å². The van der Waals surface area contributed by atoms with Crippen molar-refractivity contribution >= 4 is 11.8 Å². The molecule has 3 N–H and O–H groups in total. The third-order valence-electron chi connectivity index (χ3n) is 5.38. The number of para-hydroxylation sites is 1. The van der Waals surface area contributed by atoms with Gasteiger partial charge >= 0.3 is 0 Å². The van der Waals surface area contributed by atoms with Crippen LogP contribution < -0.4 is 15.8 Å². The van der Waals surface area contributed by atoms with Gasteiger partial charge in [-0.1, -0.05) is 44.2 Å². The lowest BCUT2D eigenvalue weighted by molar-refractivity contribution is 0.0928. The first-order valence-corrected chi connectivity index (χ1v) is 10.6. The Morgan fingerprint density at radius 3 is 2.44 bits per heavy atom. The minimum absolute atomic E-state index is 0.0455. The molecule has 1 aromatic heterocycles. The third-order valence-corrected chi connectivity index (χ3v) is 5.38. The van der Waals surface area contributed by atoms with Crippen molar-refractivity contribution in [2.75, 3.05) is 26.7 Å². The molecule has 2 aromatic carbocycles. The highest BCUT2D eigenvalue weighted by Gasteiger charge is 2.22. The van der Waals surface area contributed by atoms with E-state index in [0.29, 0.717) is 12.2 Å². The van der Waals surface area contributed by atoms with Gasteiger partial charge in [-0.15, -0.1) is 0 Å². The van der Waals surface area contributed by atoms with Gasteiger partial charge in [-0.25, -0.2) is 4.68 Å². The molecule has 0 saturated carbocycles. The van der Waals surface area contributed by atoms with Crippen LogP contribution in [0.3, 0.4) is 0 Å². The molecular formula is C24H29N5O3. The van der Waals surface area contributed by atoms with Gasteiger partial charge in [-0.2, -0.15) is 5.10 Å². The molecule has 3 aromatic rings. The number of nitrogens with one attached hydrogen (secondary N) is 1. The predicted octanol–water partition coefficient (Wildman–Crippen LogP) is 2.79. The van der Waals surface area contributed by atoms with Crippen LogP contribution >= 0.6 is 0 Å². The molecule has 8 heteroatoms. The van der Waals surface area contributed by atoms with Crippen LogP contribution in [-0.2, 0) is 0 Å². The van der Waals surface area contributed by atoms with Crippen LogP contribution in [0.4, 0.5) is 0 Å². The molecular weight excluding hydrogens is 406 g/mol. The number of primary amides is 1. The Kier molecular flexibility index (Phi) is 7.62. The number of likely N-dealkylation sites (N-methyl/N-ethyl adjacent to an activating group) is 1. The smallest absolute Gasteiger partial charge is 0.271 e. The number of methoxy groups -OCH3 is 1. The van der Waals surface area contributed by atoms with Crippen molar-refractivity contribution in [1.82, 2.24) is 20.0 Å². The van der Waals surface area contributed by atoms with Crippen LogP contribution in [0.2, 0.25) is 0 Å². The van der Waals surface area contributed by atoms with E-state index in [0.717, 1.165) is 24.4 Å². The Labute approximate surface area is 188 Å². The van der Waals surface area contributed by atoms with E-state index >= 15 is 0 Å². The van der Waals surface area contributed by atoms with Gasteiger partial charge in [0.2, 0.25) is 0 Å². The highest BCUT2D eigenvalue weighted by molar-refractivity contribution is 5.97. The normalized spacial score (nSPS) is 11.9. The number of rotatable bonds is 10. The zero-order chi connectivity index (χ0) is 23.1. The molecule has 3 rings (SSSR count). The number of carbonyl (C=O) groups is 2. The van der Waals surface area contributed by atoms with Gasteiger partial charge in [-0.05, 0) is 42.9 Å². The fourth-order valence-electron chi connectivity index (χ4n) is 3.68. The van der Waals surface area contributed by atoms with E-state index in [4.69, 9.17) is 10.5 Å². The van der Waals surface area contributed by atoms with Crippen LogP contribution in [0.1, 0.15) is 46.4 Å². The SMILES string of the molecule is CCN(CC)C(CNC(=O)c1cc(C(N)=O)n(-c2ccccc2)n1)c1cccc(OC)c1. The van der Waals surface area contributed by atoms with Crippen LogP contribution in [0.25, 0.3) is 5.69 Å². The summed E-state index contributed by atoms with van der Waals surface area (Å²) in [6.45, 7) is 6.18. The molecule has 168 valence electrons. The van der Waals surface area contributed by atoms with Crippen molar-refractivity contribution in [1.29, 1.82) is 0 Å². The molecule has 0 radical (unpaired) electrons. The van der Waals surface area contributed by atoms with E-state index in [1.165, 1.54) is 10.7 Å². The summed E-state index contributed by atoms with van der Waals surface area (Å²) in [6.07, 6.45) is 0. The van der Waals surface area contributed by atoms with Crippen molar-refractivity contribution in [2.24, 2.45) is 5.73 Å². The Balaban J connectivity index is 1.84. The van der Waals surface area contributed by atoms with Gasteiger partial charge in [0.15, 0.2) is 5.69 Å². The molecule has 1 heterocycles. The van der Waals surface area contributed by atoms with Crippen molar-refractivity contribution < 1.29 is 14.3 Å². The Hall–Kier alpha value is -3.65. The molecule has 1 unspecified atom stereocenters. The van der Waals surface area contributed by atoms with Gasteiger partial charge in [-0.3, -0.25) is 14.5 Å². The molecule has 0 aliphatic heterocycles. The first-order valence-electron chi connectivity index (χ1n) is 10.6. The molecule has 0 aliphatic rings. The topological polar surface area (TPSA) is 102 Å². The minimum atomic E-state index is -0.655. The monoisotopic (exact) mass is 435 g/mol. The second kappa shape index (κ2) is 10.6. The maximum absolute atomic E-state index is 12.9. The summed E-state index contributed by atoms with van der Waals surface area (Å²) in [5.74, 6) is -0.265. The number of amides is 2. The first kappa shape index (κ1) is 23.0. The number of carbonyl (C=O) groups excluding carboxylic acids is 2. The Bertz CT molecular complexity index is 1060. The average Bonchev–Trinajstić information content (AvgIpc) is 3.28. The van der Waals surface area contributed by atoms with Crippen LogP contribution in [0.5, 0.6) is 5.75 Å². The van der Waals surface area contributed by atoms with Gasteiger partial charge in [0.05, 0.1) is 18.8 Å². The minimum Gasteiger partial charge on any atom is -0.497 e. The molecule has 2 amide bonds. The lowest BCUT2D eigenvalue weighted by atomic mass is 10.0. The standard InChI is InChI=1S/C24H29N5O3/c1-4-28(5-2)22(17-10-9-13-19(14-17)32-3)16-26-24(31)20-15-21(23(25)30)29(27-20)18-11-7-6-8-12-18/h6-15,22H,4-5,16H2,1-3H3,(H2,25,30)(H,26,31). The summed E-state index contributed by atoms with van der Waals surface area (Å²) in [5, 5.41) is 7.30. The molecule has 32 heavy (non-hydrogen) atoms. The van der Waals surface area contributed by atoms with E-state index in [1.54, 1.807) is 19.2 Å². The molecule has 0 spiro atoms. The number of benzene rings is 2. The second-order valence-electron chi connectivity index (χ2n) is 7.25. The number of hydrogen-bond acceptors (Lipinski definition) is 5. The molecule has 8 nitrogen and oxygen atoms in total. The fourth-order valence-corrected chi connectivity index (χ4v) is 3.68. The number of nitrogens with zero attached hydrogens (tertiary/aromatic N) is 3. The molecule has 1 atom stereocenters. The van der Waals surface area contributed by atoms with E-state index in [-0.39, 0.29) is 23.3 Å². The van der Waals surface area contributed by atoms with E-state index in [2.05, 4.69) is 29.2 Å². The van der Waals surface area contributed by atoms with Gasteiger partial charge in [0.25, 0.3) is 11.8 Å². The maximum Gasteiger partial charge on any atom is 0.271 e. The highest BCUT2D eigenvalue weighted by Crippen LogP contribution is 2.24. The van der Waals surface area contributed by atoms with Crippen molar-refractivity contribution in [3.8, 4) is 11.4 Å². The summed E-state index contributed by atoms with van der Waals surface area (Å²) < 4.78 is 6.76. The molecule has 0 aliphatic carbocycles. The van der Waals surface area contributed by atoms with Crippen molar-refractivity contribution in [3.63, 3.8) is 0 Å². The van der Waals surface area contributed by atoms with E-state index in [1.807, 2.05) is 42.5 Å². The average molecular weight is 436 g/mol. The summed E-state index contributed by atoms with van der Waals surface area (Å²) >= 11 is 0. The van der Waals surface area contributed by atoms with Crippen LogP contribution in [-0.4, -0.2) is 53.2 Å². The lowest BCUT2D eigenvalue weighted by Crippen LogP contribution is -2.38. The predicted molar refractivity (Wildman–Crippen MR) is 123 cm³/mol. The zero-order valence-electron chi connectivity index (χ0n) is 18.6. The van der Waals surface area contributed by atoms with Gasteiger partial charge < -0.3 is 15.8 Å². The third kappa shape index (κ3) is 5.15. The maximum atomic E-state index is 12.9. The quantitative estimate of drug-likeness (QED) is 0.510. The van der Waals surface area contributed by atoms with E-state index in [9.17, 15) is 9.59 Å². The van der Waals surface area contributed by atoms with Gasteiger partial charge in [0, 0.05) is 12.6 Å². The number of ether oxygens (including phenoxy) is 1. The lowest BCUT2D eigenvalue weighted by Gasteiger charge is -2.30. The fraction of sp³-hybridized carbons (Fsp3) is 0.292. The Morgan fingerprint density at radius 1 is 1.09 bits per heavy atom. The number of hydrogen-bond donors (Lipinski definition) is 2. The zero-order valence-corrected chi connectivity index (χ0v) is 18.6. The first-order chi connectivity index (χ1) is 15.5. The highest BCUT2D eigenvalue weighted by atomic mass is 16.5. The Morgan fingerprint density at radius 2 is 1.81 bits per heavy atom.